The Morgan fingerprint density at radius 1 is 1.40 bits per heavy atom. The monoisotopic (exact) mass is 205 g/mol. The first-order valence-corrected chi connectivity index (χ1v) is 5.18. The molecule has 0 amide bonds. The first-order valence-electron chi connectivity index (χ1n) is 5.18. The molecule has 15 heavy (non-hydrogen) atoms. The molecule has 1 heterocycles. The third-order valence-corrected chi connectivity index (χ3v) is 2.99. The molecule has 3 heteroatoms. The van der Waals surface area contributed by atoms with Crippen LogP contribution in [-0.4, -0.2) is 5.60 Å². The van der Waals surface area contributed by atoms with E-state index in [0.717, 1.165) is 29.7 Å². The number of fused-ring (bicyclic) bond motifs is 1. The lowest BCUT2D eigenvalue weighted by Crippen LogP contribution is -2.32. The van der Waals surface area contributed by atoms with Crippen LogP contribution in [0.25, 0.3) is 0 Å². The second-order valence-corrected chi connectivity index (χ2v) is 4.64. The number of benzene rings is 1. The Balaban J connectivity index is 2.48. The topological polar surface area (TPSA) is 38.7 Å². The molecule has 0 unspecified atom stereocenters. The smallest absolute Gasteiger partial charge is 0.123 e. The lowest BCUT2D eigenvalue weighted by Gasteiger charge is -2.33. The van der Waals surface area contributed by atoms with E-state index in [-0.39, 0.29) is 5.60 Å². The van der Waals surface area contributed by atoms with Gasteiger partial charge >= 0.3 is 0 Å². The summed E-state index contributed by atoms with van der Waals surface area (Å²) in [4.78, 5) is 10.5. The van der Waals surface area contributed by atoms with Gasteiger partial charge in [-0.15, -0.1) is 4.91 Å². The van der Waals surface area contributed by atoms with Crippen LogP contribution in [0, 0.1) is 11.8 Å². The summed E-state index contributed by atoms with van der Waals surface area (Å²) in [5.41, 5.74) is 2.51. The molecule has 1 aliphatic rings. The van der Waals surface area contributed by atoms with Crippen LogP contribution >= 0.6 is 0 Å². The average molecular weight is 205 g/mol. The van der Waals surface area contributed by atoms with Gasteiger partial charge in [0.2, 0.25) is 0 Å². The largest absolute Gasteiger partial charge is 0.488 e. The van der Waals surface area contributed by atoms with Gasteiger partial charge in [-0.25, -0.2) is 0 Å². The van der Waals surface area contributed by atoms with Crippen LogP contribution in [0.4, 0.5) is 5.69 Å². The fourth-order valence-electron chi connectivity index (χ4n) is 2.00. The Bertz CT molecular complexity index is 410. The van der Waals surface area contributed by atoms with Gasteiger partial charge in [-0.1, -0.05) is 0 Å². The van der Waals surface area contributed by atoms with Crippen LogP contribution in [-0.2, 0) is 6.42 Å². The first-order chi connectivity index (χ1) is 7.03. The van der Waals surface area contributed by atoms with Crippen LogP contribution in [0.5, 0.6) is 5.75 Å². The van der Waals surface area contributed by atoms with Gasteiger partial charge in [-0.05, 0) is 62.0 Å². The second kappa shape index (κ2) is 3.33. The van der Waals surface area contributed by atoms with Crippen molar-refractivity contribution in [1.82, 2.24) is 0 Å². The zero-order valence-electron chi connectivity index (χ0n) is 9.33. The highest BCUT2D eigenvalue weighted by molar-refractivity contribution is 5.55. The zero-order valence-corrected chi connectivity index (χ0v) is 9.33. The minimum atomic E-state index is -0.102. The third-order valence-electron chi connectivity index (χ3n) is 2.99. The summed E-state index contributed by atoms with van der Waals surface area (Å²) in [5, 5.41) is 3.01. The maximum atomic E-state index is 10.5. The van der Waals surface area contributed by atoms with Crippen molar-refractivity contribution in [1.29, 1.82) is 0 Å². The molecule has 0 spiro atoms. The molecule has 2 rings (SSSR count). The van der Waals surface area contributed by atoms with Crippen molar-refractivity contribution in [2.24, 2.45) is 5.18 Å². The molecule has 0 aliphatic carbocycles. The molecule has 0 aromatic heterocycles. The summed E-state index contributed by atoms with van der Waals surface area (Å²) in [6, 6.07) is 3.57. The molecule has 0 saturated heterocycles. The first kappa shape index (κ1) is 10.1. The Hall–Kier alpha value is -1.38. The highest BCUT2D eigenvalue weighted by Crippen LogP contribution is 2.38. The highest BCUT2D eigenvalue weighted by atomic mass is 16.5. The number of hydrogen-bond donors (Lipinski definition) is 0. The fourth-order valence-corrected chi connectivity index (χ4v) is 2.00. The van der Waals surface area contributed by atoms with E-state index in [9.17, 15) is 4.91 Å². The zero-order chi connectivity index (χ0) is 11.1. The second-order valence-electron chi connectivity index (χ2n) is 4.64. The van der Waals surface area contributed by atoms with Crippen molar-refractivity contribution in [3.63, 3.8) is 0 Å². The summed E-state index contributed by atoms with van der Waals surface area (Å²) in [5.74, 6) is 0.899. The quantitative estimate of drug-likeness (QED) is 0.658. The van der Waals surface area contributed by atoms with E-state index in [2.05, 4.69) is 19.0 Å². The van der Waals surface area contributed by atoms with E-state index >= 15 is 0 Å². The van der Waals surface area contributed by atoms with Crippen LogP contribution in [0.15, 0.2) is 17.3 Å². The fraction of sp³-hybridized carbons (Fsp3) is 0.500. The number of ether oxygens (including phenoxy) is 1. The average Bonchev–Trinajstić information content (AvgIpc) is 2.16. The molecule has 1 aliphatic heterocycles. The van der Waals surface area contributed by atoms with Gasteiger partial charge in [0.25, 0.3) is 0 Å². The molecule has 0 N–H and O–H groups in total. The number of nitrogens with zero attached hydrogens (tertiary/aromatic N) is 1. The van der Waals surface area contributed by atoms with E-state index in [1.54, 1.807) is 6.07 Å². The minimum absolute atomic E-state index is 0.102. The van der Waals surface area contributed by atoms with Gasteiger partial charge in [0.15, 0.2) is 0 Å². The van der Waals surface area contributed by atoms with Crippen LogP contribution in [0.3, 0.4) is 0 Å². The maximum Gasteiger partial charge on any atom is 0.123 e. The summed E-state index contributed by atoms with van der Waals surface area (Å²) >= 11 is 0. The minimum Gasteiger partial charge on any atom is -0.488 e. The number of hydrogen-bond acceptors (Lipinski definition) is 3. The molecule has 0 saturated carbocycles. The van der Waals surface area contributed by atoms with Crippen molar-refractivity contribution < 1.29 is 4.74 Å². The molecule has 1 aromatic rings. The van der Waals surface area contributed by atoms with Gasteiger partial charge < -0.3 is 4.74 Å². The van der Waals surface area contributed by atoms with E-state index < -0.39 is 0 Å². The molecule has 0 fully saturated rings. The van der Waals surface area contributed by atoms with Gasteiger partial charge in [-0.3, -0.25) is 0 Å². The van der Waals surface area contributed by atoms with E-state index in [1.165, 1.54) is 0 Å². The van der Waals surface area contributed by atoms with Gasteiger partial charge in [0, 0.05) is 0 Å². The molecule has 0 radical (unpaired) electrons. The maximum absolute atomic E-state index is 10.5. The predicted octanol–water partition coefficient (Wildman–Crippen LogP) is 3.50. The number of rotatable bonds is 1. The molecule has 0 bridgehead atoms. The Morgan fingerprint density at radius 2 is 2.13 bits per heavy atom. The summed E-state index contributed by atoms with van der Waals surface area (Å²) < 4.78 is 5.86. The summed E-state index contributed by atoms with van der Waals surface area (Å²) in [6.07, 6.45) is 1.93. The summed E-state index contributed by atoms with van der Waals surface area (Å²) in [6.45, 7) is 6.09. The molecular formula is C12H15NO2. The Labute approximate surface area is 89.4 Å². The predicted molar refractivity (Wildman–Crippen MR) is 59.7 cm³/mol. The lowest BCUT2D eigenvalue weighted by atomic mass is 9.91. The highest BCUT2D eigenvalue weighted by Gasteiger charge is 2.27. The van der Waals surface area contributed by atoms with Gasteiger partial charge in [-0.2, -0.15) is 0 Å². The molecule has 0 atom stereocenters. The van der Waals surface area contributed by atoms with Gasteiger partial charge in [0.05, 0.1) is 0 Å². The van der Waals surface area contributed by atoms with Crippen molar-refractivity contribution in [2.75, 3.05) is 0 Å². The van der Waals surface area contributed by atoms with Crippen LogP contribution in [0.2, 0.25) is 0 Å². The lowest BCUT2D eigenvalue weighted by molar-refractivity contribution is 0.0845. The number of nitroso groups, excluding NO2 is 1. The van der Waals surface area contributed by atoms with Crippen molar-refractivity contribution in [3.8, 4) is 5.75 Å². The Morgan fingerprint density at radius 3 is 2.80 bits per heavy atom. The van der Waals surface area contributed by atoms with Gasteiger partial charge in [0.1, 0.15) is 17.0 Å². The van der Waals surface area contributed by atoms with Crippen LogP contribution in [0.1, 0.15) is 31.4 Å². The van der Waals surface area contributed by atoms with Crippen molar-refractivity contribution in [3.05, 3.63) is 28.2 Å². The Kier molecular flexibility index (Phi) is 2.25. The standard InChI is InChI=1S/C12H15NO2/c1-8-9-6-7-12(2,3)15-11(9)5-4-10(8)13-14/h4-5H,6-7H2,1-3H3. The molecular weight excluding hydrogens is 190 g/mol. The molecule has 80 valence electrons. The molecule has 1 aromatic carbocycles. The molecule has 3 nitrogen and oxygen atoms in total. The van der Waals surface area contributed by atoms with Crippen molar-refractivity contribution >= 4 is 5.69 Å². The van der Waals surface area contributed by atoms with E-state index in [0.29, 0.717) is 5.69 Å². The third kappa shape index (κ3) is 1.74. The van der Waals surface area contributed by atoms with E-state index in [4.69, 9.17) is 4.74 Å². The normalized spacial score (nSPS) is 17.8. The summed E-state index contributed by atoms with van der Waals surface area (Å²) in [7, 11) is 0. The SMILES string of the molecule is Cc1c(N=O)ccc2c1CCC(C)(C)O2. The van der Waals surface area contributed by atoms with Crippen LogP contribution < -0.4 is 4.74 Å². The van der Waals surface area contributed by atoms with Crippen molar-refractivity contribution in [2.45, 2.75) is 39.2 Å². The van der Waals surface area contributed by atoms with E-state index in [1.807, 2.05) is 13.0 Å².